The first-order valence-electron chi connectivity index (χ1n) is 4.31. The summed E-state index contributed by atoms with van der Waals surface area (Å²) in [6.07, 6.45) is 2.59. The Balaban J connectivity index is 0.000000980. The van der Waals surface area contributed by atoms with E-state index in [-0.39, 0.29) is 24.8 Å². The molecule has 2 aromatic rings. The lowest BCUT2D eigenvalue weighted by molar-refractivity contribution is 0.931. The molecule has 0 spiro atoms. The largest absolute Gasteiger partial charge is 0.330 e. The monoisotopic (exact) mass is 245 g/mol. The van der Waals surface area contributed by atoms with Crippen molar-refractivity contribution in [3.63, 3.8) is 0 Å². The smallest absolute Gasteiger partial charge is 0.0890 e. The average Bonchev–Trinajstić information content (AvgIpc) is 2.18. The standard InChI is InChI=1S/C10H11N3.2ClH/c11-6-5-8-3-4-9-10(13-8)2-1-7-12-9;;/h1-4,7H,5-6,11H2;2*1H. The summed E-state index contributed by atoms with van der Waals surface area (Å²) in [7, 11) is 0. The Labute approximate surface area is 101 Å². The van der Waals surface area contributed by atoms with E-state index in [9.17, 15) is 0 Å². The maximum atomic E-state index is 5.45. The zero-order valence-corrected chi connectivity index (χ0v) is 9.72. The summed E-state index contributed by atoms with van der Waals surface area (Å²) >= 11 is 0. The van der Waals surface area contributed by atoms with Gasteiger partial charge < -0.3 is 5.73 Å². The molecule has 0 aliphatic heterocycles. The van der Waals surface area contributed by atoms with Gasteiger partial charge in [0.25, 0.3) is 0 Å². The van der Waals surface area contributed by atoms with Crippen molar-refractivity contribution in [2.24, 2.45) is 5.73 Å². The lowest BCUT2D eigenvalue weighted by Gasteiger charge is -1.99. The van der Waals surface area contributed by atoms with Crippen molar-refractivity contribution in [1.82, 2.24) is 9.97 Å². The molecule has 15 heavy (non-hydrogen) atoms. The molecule has 0 atom stereocenters. The van der Waals surface area contributed by atoms with Gasteiger partial charge in [0.05, 0.1) is 11.0 Å². The molecule has 0 aliphatic carbocycles. The van der Waals surface area contributed by atoms with Crippen LogP contribution in [0.15, 0.2) is 30.5 Å². The number of nitrogens with two attached hydrogens (primary N) is 1. The number of hydrogen-bond acceptors (Lipinski definition) is 3. The number of halogens is 2. The van der Waals surface area contributed by atoms with Crippen molar-refractivity contribution in [3.8, 4) is 0 Å². The molecule has 3 nitrogen and oxygen atoms in total. The highest BCUT2D eigenvalue weighted by atomic mass is 35.5. The Kier molecular flexibility index (Phi) is 6.17. The maximum Gasteiger partial charge on any atom is 0.0890 e. The van der Waals surface area contributed by atoms with E-state index in [4.69, 9.17) is 5.73 Å². The summed E-state index contributed by atoms with van der Waals surface area (Å²) in [5.74, 6) is 0. The Morgan fingerprint density at radius 2 is 1.87 bits per heavy atom. The molecular weight excluding hydrogens is 233 g/mol. The number of nitrogens with zero attached hydrogens (tertiary/aromatic N) is 2. The fraction of sp³-hybridized carbons (Fsp3) is 0.200. The minimum absolute atomic E-state index is 0. The molecule has 0 saturated heterocycles. The topological polar surface area (TPSA) is 51.8 Å². The van der Waals surface area contributed by atoms with Crippen molar-refractivity contribution >= 4 is 35.8 Å². The van der Waals surface area contributed by atoms with Crippen LogP contribution < -0.4 is 5.73 Å². The predicted octanol–water partition coefficient (Wildman–Crippen LogP) is 1.97. The van der Waals surface area contributed by atoms with E-state index < -0.39 is 0 Å². The number of hydrogen-bond donors (Lipinski definition) is 1. The molecule has 82 valence electrons. The Morgan fingerprint density at radius 1 is 1.07 bits per heavy atom. The quantitative estimate of drug-likeness (QED) is 0.881. The second-order valence-corrected chi connectivity index (χ2v) is 2.88. The Hall–Kier alpha value is -0.900. The zero-order chi connectivity index (χ0) is 9.10. The van der Waals surface area contributed by atoms with Crippen LogP contribution in [-0.2, 0) is 6.42 Å². The van der Waals surface area contributed by atoms with Crippen molar-refractivity contribution in [3.05, 3.63) is 36.2 Å². The molecule has 0 unspecified atom stereocenters. The molecule has 2 rings (SSSR count). The highest BCUT2D eigenvalue weighted by Crippen LogP contribution is 2.08. The lowest BCUT2D eigenvalue weighted by Crippen LogP contribution is -2.04. The van der Waals surface area contributed by atoms with Crippen molar-refractivity contribution in [2.75, 3.05) is 6.54 Å². The van der Waals surface area contributed by atoms with Crippen LogP contribution in [0.5, 0.6) is 0 Å². The SMILES string of the molecule is Cl.Cl.NCCc1ccc2ncccc2n1. The summed E-state index contributed by atoms with van der Waals surface area (Å²) in [4.78, 5) is 8.61. The van der Waals surface area contributed by atoms with Gasteiger partial charge in [-0.1, -0.05) is 0 Å². The molecule has 5 heteroatoms. The molecule has 0 amide bonds. The van der Waals surface area contributed by atoms with Gasteiger partial charge in [0.2, 0.25) is 0 Å². The first-order chi connectivity index (χ1) is 6.40. The Bertz CT molecular complexity index is 420. The normalized spacial score (nSPS) is 9.13. The van der Waals surface area contributed by atoms with Crippen LogP contribution in [-0.4, -0.2) is 16.5 Å². The van der Waals surface area contributed by atoms with Gasteiger partial charge in [-0.2, -0.15) is 0 Å². The van der Waals surface area contributed by atoms with Crippen LogP contribution >= 0.6 is 24.8 Å². The first-order valence-corrected chi connectivity index (χ1v) is 4.31. The van der Waals surface area contributed by atoms with Crippen LogP contribution in [0.1, 0.15) is 5.69 Å². The van der Waals surface area contributed by atoms with Crippen molar-refractivity contribution < 1.29 is 0 Å². The molecule has 0 bridgehead atoms. The number of fused-ring (bicyclic) bond motifs is 1. The number of rotatable bonds is 2. The maximum absolute atomic E-state index is 5.45. The van der Waals surface area contributed by atoms with Gasteiger partial charge in [-0.3, -0.25) is 9.97 Å². The minimum Gasteiger partial charge on any atom is -0.330 e. The first kappa shape index (κ1) is 14.1. The second kappa shape index (κ2) is 6.56. The molecule has 0 fully saturated rings. The minimum atomic E-state index is 0. The van der Waals surface area contributed by atoms with E-state index >= 15 is 0 Å². The fourth-order valence-electron chi connectivity index (χ4n) is 1.29. The van der Waals surface area contributed by atoms with E-state index in [0.29, 0.717) is 6.54 Å². The predicted molar refractivity (Wildman–Crippen MR) is 66.8 cm³/mol. The molecule has 0 saturated carbocycles. The molecular formula is C10H13Cl2N3. The summed E-state index contributed by atoms with van der Waals surface area (Å²) in [6, 6.07) is 7.80. The van der Waals surface area contributed by atoms with E-state index in [1.807, 2.05) is 24.3 Å². The van der Waals surface area contributed by atoms with Crippen molar-refractivity contribution in [2.45, 2.75) is 6.42 Å². The van der Waals surface area contributed by atoms with Crippen LogP contribution in [0.4, 0.5) is 0 Å². The molecule has 2 aromatic heterocycles. The lowest BCUT2D eigenvalue weighted by atomic mass is 10.2. The Morgan fingerprint density at radius 3 is 2.60 bits per heavy atom. The van der Waals surface area contributed by atoms with E-state index in [1.165, 1.54) is 0 Å². The highest BCUT2D eigenvalue weighted by Gasteiger charge is 1.96. The van der Waals surface area contributed by atoms with Crippen LogP contribution in [0.2, 0.25) is 0 Å². The summed E-state index contributed by atoms with van der Waals surface area (Å²) in [5, 5.41) is 0. The molecule has 0 radical (unpaired) electrons. The van der Waals surface area contributed by atoms with Crippen molar-refractivity contribution in [1.29, 1.82) is 0 Å². The third-order valence-electron chi connectivity index (χ3n) is 1.91. The van der Waals surface area contributed by atoms with Gasteiger partial charge in [-0.15, -0.1) is 24.8 Å². The third kappa shape index (κ3) is 3.30. The van der Waals surface area contributed by atoms with Crippen LogP contribution in [0.25, 0.3) is 11.0 Å². The second-order valence-electron chi connectivity index (χ2n) is 2.88. The number of pyridine rings is 2. The van der Waals surface area contributed by atoms with Gasteiger partial charge in [0.1, 0.15) is 0 Å². The van der Waals surface area contributed by atoms with Gasteiger partial charge in [-0.05, 0) is 30.8 Å². The molecule has 2 N–H and O–H groups in total. The molecule has 0 aromatic carbocycles. The van der Waals surface area contributed by atoms with E-state index in [2.05, 4.69) is 9.97 Å². The highest BCUT2D eigenvalue weighted by molar-refractivity contribution is 5.85. The van der Waals surface area contributed by atoms with Gasteiger partial charge in [0, 0.05) is 18.3 Å². The van der Waals surface area contributed by atoms with Gasteiger partial charge in [-0.25, -0.2) is 0 Å². The summed E-state index contributed by atoms with van der Waals surface area (Å²) in [6.45, 7) is 0.638. The van der Waals surface area contributed by atoms with Gasteiger partial charge in [0.15, 0.2) is 0 Å². The third-order valence-corrected chi connectivity index (χ3v) is 1.91. The summed E-state index contributed by atoms with van der Waals surface area (Å²) in [5.41, 5.74) is 8.35. The number of aromatic nitrogens is 2. The van der Waals surface area contributed by atoms with Crippen LogP contribution in [0, 0.1) is 0 Å². The average molecular weight is 246 g/mol. The van der Waals surface area contributed by atoms with Crippen LogP contribution in [0.3, 0.4) is 0 Å². The zero-order valence-electron chi connectivity index (χ0n) is 8.09. The van der Waals surface area contributed by atoms with Gasteiger partial charge >= 0.3 is 0 Å². The molecule has 0 aliphatic rings. The fourth-order valence-corrected chi connectivity index (χ4v) is 1.29. The molecule has 2 heterocycles. The van der Waals surface area contributed by atoms with E-state index in [0.717, 1.165) is 23.1 Å². The van der Waals surface area contributed by atoms with E-state index in [1.54, 1.807) is 6.20 Å². The summed E-state index contributed by atoms with van der Waals surface area (Å²) < 4.78 is 0.